The van der Waals surface area contributed by atoms with Crippen molar-refractivity contribution in [1.82, 2.24) is 15.2 Å². The average Bonchev–Trinajstić information content (AvgIpc) is 3.19. The lowest BCUT2D eigenvalue weighted by Crippen LogP contribution is -2.52. The first-order valence-electron chi connectivity index (χ1n) is 11.4. The third kappa shape index (κ3) is 3.70. The number of ether oxygens (including phenoxy) is 1. The van der Waals surface area contributed by atoms with E-state index in [2.05, 4.69) is 32.3 Å². The van der Waals surface area contributed by atoms with Gasteiger partial charge in [0, 0.05) is 36.2 Å². The molecule has 0 bridgehead atoms. The van der Waals surface area contributed by atoms with Gasteiger partial charge in [-0.05, 0) is 49.6 Å². The molecule has 2 aromatic heterocycles. The summed E-state index contributed by atoms with van der Waals surface area (Å²) in [6.07, 6.45) is 1.65. The Labute approximate surface area is 202 Å². The molecule has 1 saturated heterocycles. The molecule has 7 nitrogen and oxygen atoms in total. The Morgan fingerprint density at radius 1 is 1.29 bits per heavy atom. The first kappa shape index (κ1) is 22.7. The number of rotatable bonds is 5. The lowest BCUT2D eigenvalue weighted by molar-refractivity contribution is 0.201. The van der Waals surface area contributed by atoms with E-state index in [4.69, 9.17) is 16.3 Å². The number of phenols is 1. The molecule has 0 amide bonds. The number of hydrogen-bond acceptors (Lipinski definition) is 7. The van der Waals surface area contributed by atoms with E-state index in [1.807, 2.05) is 26.0 Å². The van der Waals surface area contributed by atoms with E-state index in [0.29, 0.717) is 41.9 Å². The number of alkyl halides is 1. The molecule has 5 rings (SSSR count). The molecule has 178 valence electrons. The second-order valence-corrected chi connectivity index (χ2v) is 9.33. The standard InChI is InChI=1S/C25H27ClFN5O2/c1-4-25-10-16(34-22-8-14(2)18(11-26)15(3)29-22)12-32(25)21-9-20(30-31-24(21)28-13-25)17-6-5-7-19(27)23(17)33/h5-9,16,33H,4,10-13H2,1-3H3,(H,28,31)/t16-,25-/m1/s1. The second kappa shape index (κ2) is 8.58. The highest BCUT2D eigenvalue weighted by Crippen LogP contribution is 2.45. The first-order chi connectivity index (χ1) is 16.3. The fraction of sp³-hybridized carbons (Fsp3) is 0.400. The van der Waals surface area contributed by atoms with Crippen molar-refractivity contribution < 1.29 is 14.2 Å². The fourth-order valence-electron chi connectivity index (χ4n) is 5.13. The summed E-state index contributed by atoms with van der Waals surface area (Å²) < 4.78 is 20.3. The number of fused-ring (bicyclic) bond motifs is 3. The lowest BCUT2D eigenvalue weighted by atomic mass is 9.90. The number of nitrogens with zero attached hydrogens (tertiary/aromatic N) is 4. The summed E-state index contributed by atoms with van der Waals surface area (Å²) in [6.45, 7) is 7.50. The molecular weight excluding hydrogens is 457 g/mol. The Kier molecular flexibility index (Phi) is 5.72. The molecule has 4 heterocycles. The zero-order chi connectivity index (χ0) is 24.0. The maximum absolute atomic E-state index is 13.9. The highest BCUT2D eigenvalue weighted by Gasteiger charge is 2.49. The molecule has 2 aliphatic rings. The molecule has 0 spiro atoms. The number of para-hydroxylation sites is 1. The minimum Gasteiger partial charge on any atom is -0.504 e. The molecule has 2 N–H and O–H groups in total. The number of aromatic hydroxyl groups is 1. The number of aromatic nitrogens is 3. The van der Waals surface area contributed by atoms with Crippen LogP contribution in [0.5, 0.6) is 11.6 Å². The van der Waals surface area contributed by atoms with Gasteiger partial charge in [0.15, 0.2) is 17.4 Å². The van der Waals surface area contributed by atoms with Gasteiger partial charge in [-0.15, -0.1) is 21.8 Å². The molecule has 34 heavy (non-hydrogen) atoms. The van der Waals surface area contributed by atoms with E-state index in [9.17, 15) is 9.50 Å². The molecule has 1 fully saturated rings. The monoisotopic (exact) mass is 483 g/mol. The molecule has 0 radical (unpaired) electrons. The van der Waals surface area contributed by atoms with Crippen molar-refractivity contribution in [3.63, 3.8) is 0 Å². The van der Waals surface area contributed by atoms with Crippen molar-refractivity contribution >= 4 is 23.1 Å². The maximum atomic E-state index is 13.9. The summed E-state index contributed by atoms with van der Waals surface area (Å²) >= 11 is 6.06. The summed E-state index contributed by atoms with van der Waals surface area (Å²) in [5.74, 6) is 0.577. The second-order valence-electron chi connectivity index (χ2n) is 9.06. The van der Waals surface area contributed by atoms with Crippen LogP contribution < -0.4 is 15.0 Å². The SMILES string of the molecule is CC[C@@]12CNc3nnc(-c4cccc(F)c4O)cc3N1C[C@H](Oc1cc(C)c(CCl)c(C)n1)C2. The summed E-state index contributed by atoms with van der Waals surface area (Å²) in [5, 5.41) is 22.2. The van der Waals surface area contributed by atoms with Gasteiger partial charge in [0.1, 0.15) is 6.10 Å². The average molecular weight is 484 g/mol. The highest BCUT2D eigenvalue weighted by atomic mass is 35.5. The van der Waals surface area contributed by atoms with Crippen LogP contribution in [0, 0.1) is 19.7 Å². The summed E-state index contributed by atoms with van der Waals surface area (Å²) in [7, 11) is 0. The Morgan fingerprint density at radius 2 is 2.12 bits per heavy atom. The number of halogens is 2. The molecule has 2 atom stereocenters. The van der Waals surface area contributed by atoms with Crippen molar-refractivity contribution in [3.05, 3.63) is 53.0 Å². The van der Waals surface area contributed by atoms with Crippen LogP contribution in [-0.4, -0.2) is 45.0 Å². The maximum Gasteiger partial charge on any atom is 0.214 e. The number of nitrogens with one attached hydrogen (secondary N) is 1. The quantitative estimate of drug-likeness (QED) is 0.495. The summed E-state index contributed by atoms with van der Waals surface area (Å²) in [4.78, 5) is 6.93. The van der Waals surface area contributed by atoms with Crippen LogP contribution in [-0.2, 0) is 5.88 Å². The van der Waals surface area contributed by atoms with E-state index in [1.54, 1.807) is 12.1 Å². The minimum atomic E-state index is -0.689. The first-order valence-corrected chi connectivity index (χ1v) is 12.0. The van der Waals surface area contributed by atoms with Gasteiger partial charge in [0.2, 0.25) is 5.88 Å². The number of hydrogen-bond donors (Lipinski definition) is 2. The Morgan fingerprint density at radius 3 is 2.85 bits per heavy atom. The van der Waals surface area contributed by atoms with Crippen LogP contribution in [0.4, 0.5) is 15.9 Å². The van der Waals surface area contributed by atoms with Gasteiger partial charge in [-0.2, -0.15) is 0 Å². The van der Waals surface area contributed by atoms with Crippen LogP contribution in [0.25, 0.3) is 11.3 Å². The largest absolute Gasteiger partial charge is 0.504 e. The molecular formula is C25H27ClFN5O2. The third-order valence-electron chi connectivity index (χ3n) is 7.09. The van der Waals surface area contributed by atoms with Crippen molar-refractivity contribution in [2.24, 2.45) is 0 Å². The van der Waals surface area contributed by atoms with Crippen molar-refractivity contribution in [2.75, 3.05) is 23.3 Å². The van der Waals surface area contributed by atoms with Gasteiger partial charge in [0.25, 0.3) is 0 Å². The van der Waals surface area contributed by atoms with Gasteiger partial charge in [-0.25, -0.2) is 9.37 Å². The molecule has 0 saturated carbocycles. The van der Waals surface area contributed by atoms with E-state index in [0.717, 1.165) is 35.3 Å². The van der Waals surface area contributed by atoms with E-state index in [-0.39, 0.29) is 11.6 Å². The summed E-state index contributed by atoms with van der Waals surface area (Å²) in [5.41, 5.74) is 4.41. The van der Waals surface area contributed by atoms with E-state index in [1.165, 1.54) is 6.07 Å². The molecule has 1 aromatic carbocycles. The normalized spacial score (nSPS) is 21.1. The van der Waals surface area contributed by atoms with Crippen molar-refractivity contribution in [3.8, 4) is 22.9 Å². The Hall–Kier alpha value is -3.13. The smallest absolute Gasteiger partial charge is 0.214 e. The predicted molar refractivity (Wildman–Crippen MR) is 130 cm³/mol. The van der Waals surface area contributed by atoms with Gasteiger partial charge in [-0.3, -0.25) is 0 Å². The predicted octanol–water partition coefficient (Wildman–Crippen LogP) is 4.97. The van der Waals surface area contributed by atoms with Gasteiger partial charge in [-0.1, -0.05) is 13.0 Å². The van der Waals surface area contributed by atoms with Crippen LogP contribution in [0.15, 0.2) is 30.3 Å². The third-order valence-corrected chi connectivity index (χ3v) is 7.36. The van der Waals surface area contributed by atoms with Gasteiger partial charge in [0.05, 0.1) is 23.5 Å². The zero-order valence-electron chi connectivity index (χ0n) is 19.4. The number of benzene rings is 1. The number of phenolic OH excluding ortho intramolecular Hbond substituents is 1. The molecule has 3 aromatic rings. The highest BCUT2D eigenvalue weighted by molar-refractivity contribution is 6.17. The van der Waals surface area contributed by atoms with Crippen LogP contribution >= 0.6 is 11.6 Å². The van der Waals surface area contributed by atoms with Gasteiger partial charge < -0.3 is 20.1 Å². The summed E-state index contributed by atoms with van der Waals surface area (Å²) in [6, 6.07) is 8.20. The molecule has 2 aliphatic heterocycles. The number of aryl methyl sites for hydroxylation is 2. The van der Waals surface area contributed by atoms with Gasteiger partial charge >= 0.3 is 0 Å². The minimum absolute atomic E-state index is 0.0694. The van der Waals surface area contributed by atoms with Crippen LogP contribution in [0.2, 0.25) is 0 Å². The van der Waals surface area contributed by atoms with Crippen LogP contribution in [0.1, 0.15) is 36.6 Å². The van der Waals surface area contributed by atoms with Crippen molar-refractivity contribution in [2.45, 2.75) is 51.1 Å². The molecule has 9 heteroatoms. The number of pyridine rings is 1. The number of anilines is 2. The Bertz CT molecular complexity index is 1230. The van der Waals surface area contributed by atoms with E-state index >= 15 is 0 Å². The van der Waals surface area contributed by atoms with Crippen molar-refractivity contribution in [1.29, 1.82) is 0 Å². The fourth-order valence-corrected chi connectivity index (χ4v) is 5.53. The van der Waals surface area contributed by atoms with Crippen LogP contribution in [0.3, 0.4) is 0 Å². The molecule has 0 aliphatic carbocycles. The Balaban J connectivity index is 1.47. The van der Waals surface area contributed by atoms with E-state index < -0.39 is 11.6 Å². The lowest BCUT2D eigenvalue weighted by Gasteiger charge is -2.43. The topological polar surface area (TPSA) is 83.4 Å². The zero-order valence-corrected chi connectivity index (χ0v) is 20.2. The molecule has 0 unspecified atom stereocenters.